The molecule has 0 saturated heterocycles. The van der Waals surface area contributed by atoms with Crippen molar-refractivity contribution < 1.29 is 14.4 Å². The summed E-state index contributed by atoms with van der Waals surface area (Å²) in [6.07, 6.45) is 6.13. The molecular formula is C25H21N3O3. The van der Waals surface area contributed by atoms with Crippen LogP contribution in [0.2, 0.25) is 0 Å². The molecule has 0 heterocycles. The van der Waals surface area contributed by atoms with E-state index in [1.165, 1.54) is 12.2 Å². The van der Waals surface area contributed by atoms with Gasteiger partial charge in [-0.25, -0.2) is 0 Å². The van der Waals surface area contributed by atoms with E-state index in [1.54, 1.807) is 36.4 Å². The SMILES string of the molecule is O=C(/C=C/c1ccccc1)NNC(=O)c1ccc(NC(=O)/C=C/c2ccccc2)cc1. The van der Waals surface area contributed by atoms with Crippen LogP contribution < -0.4 is 16.2 Å². The molecule has 3 aromatic carbocycles. The predicted molar refractivity (Wildman–Crippen MR) is 122 cm³/mol. The minimum absolute atomic E-state index is 0.279. The Balaban J connectivity index is 1.47. The Morgan fingerprint density at radius 1 is 0.581 bits per heavy atom. The van der Waals surface area contributed by atoms with E-state index in [2.05, 4.69) is 16.2 Å². The Hall–Kier alpha value is -4.45. The van der Waals surface area contributed by atoms with Crippen molar-refractivity contribution in [2.24, 2.45) is 0 Å². The lowest BCUT2D eigenvalue weighted by atomic mass is 10.2. The molecule has 0 fully saturated rings. The lowest BCUT2D eigenvalue weighted by molar-refractivity contribution is -0.117. The van der Waals surface area contributed by atoms with Crippen LogP contribution in [-0.2, 0) is 9.59 Å². The van der Waals surface area contributed by atoms with Crippen LogP contribution in [0.25, 0.3) is 12.2 Å². The summed E-state index contributed by atoms with van der Waals surface area (Å²) >= 11 is 0. The maximum Gasteiger partial charge on any atom is 0.269 e. The molecule has 0 aliphatic carbocycles. The van der Waals surface area contributed by atoms with Gasteiger partial charge in [0.15, 0.2) is 0 Å². The van der Waals surface area contributed by atoms with Crippen LogP contribution in [0.3, 0.4) is 0 Å². The average molecular weight is 411 g/mol. The summed E-state index contributed by atoms with van der Waals surface area (Å²) in [5, 5.41) is 2.72. The highest BCUT2D eigenvalue weighted by atomic mass is 16.2. The third-order valence-corrected chi connectivity index (χ3v) is 4.17. The quantitative estimate of drug-likeness (QED) is 0.426. The monoisotopic (exact) mass is 411 g/mol. The van der Waals surface area contributed by atoms with Crippen LogP contribution in [-0.4, -0.2) is 17.7 Å². The van der Waals surface area contributed by atoms with Gasteiger partial charge in [-0.2, -0.15) is 0 Å². The summed E-state index contributed by atoms with van der Waals surface area (Å²) in [7, 11) is 0. The number of carbonyl (C=O) groups is 3. The molecule has 0 aromatic heterocycles. The van der Waals surface area contributed by atoms with Crippen molar-refractivity contribution in [1.29, 1.82) is 0 Å². The third-order valence-electron chi connectivity index (χ3n) is 4.17. The van der Waals surface area contributed by atoms with Crippen molar-refractivity contribution in [2.75, 3.05) is 5.32 Å². The Kier molecular flexibility index (Phi) is 7.49. The number of anilines is 1. The van der Waals surface area contributed by atoms with Gasteiger partial charge in [-0.15, -0.1) is 0 Å². The molecule has 0 atom stereocenters. The number of rotatable bonds is 6. The second kappa shape index (κ2) is 10.9. The lowest BCUT2D eigenvalue weighted by Crippen LogP contribution is -2.40. The summed E-state index contributed by atoms with van der Waals surface area (Å²) in [6.45, 7) is 0. The molecule has 154 valence electrons. The van der Waals surface area contributed by atoms with Crippen LogP contribution in [0.15, 0.2) is 97.1 Å². The van der Waals surface area contributed by atoms with Gasteiger partial charge in [0.05, 0.1) is 0 Å². The molecule has 3 N–H and O–H groups in total. The first-order valence-electron chi connectivity index (χ1n) is 9.58. The lowest BCUT2D eigenvalue weighted by Gasteiger charge is -2.07. The largest absolute Gasteiger partial charge is 0.323 e. The number of carbonyl (C=O) groups excluding carboxylic acids is 3. The maximum atomic E-state index is 12.2. The predicted octanol–water partition coefficient (Wildman–Crippen LogP) is 3.81. The van der Waals surface area contributed by atoms with Crippen molar-refractivity contribution in [3.8, 4) is 0 Å². The Morgan fingerprint density at radius 3 is 1.65 bits per heavy atom. The van der Waals surface area contributed by atoms with Gasteiger partial charge >= 0.3 is 0 Å². The van der Waals surface area contributed by atoms with Crippen molar-refractivity contribution in [3.63, 3.8) is 0 Å². The fourth-order valence-electron chi connectivity index (χ4n) is 2.59. The van der Waals surface area contributed by atoms with Crippen molar-refractivity contribution in [1.82, 2.24) is 10.9 Å². The van der Waals surface area contributed by atoms with Crippen molar-refractivity contribution in [2.45, 2.75) is 0 Å². The second-order valence-electron chi connectivity index (χ2n) is 6.50. The summed E-state index contributed by atoms with van der Waals surface area (Å²) in [4.78, 5) is 36.0. The Morgan fingerprint density at radius 2 is 1.10 bits per heavy atom. The van der Waals surface area contributed by atoms with Crippen LogP contribution in [0.1, 0.15) is 21.5 Å². The topological polar surface area (TPSA) is 87.3 Å². The standard InChI is InChI=1S/C25H21N3O3/c29-23(17-11-19-7-3-1-4-8-19)26-22-15-13-21(14-16-22)25(31)28-27-24(30)18-12-20-9-5-2-6-10-20/h1-18H,(H,26,29)(H,27,30)(H,28,31)/b17-11+,18-12+. The van der Waals surface area contributed by atoms with Gasteiger partial charge in [0, 0.05) is 23.4 Å². The van der Waals surface area contributed by atoms with E-state index in [1.807, 2.05) is 60.7 Å². The van der Waals surface area contributed by atoms with Crippen molar-refractivity contribution in [3.05, 3.63) is 114 Å². The zero-order valence-corrected chi connectivity index (χ0v) is 16.6. The van der Waals surface area contributed by atoms with Gasteiger partial charge in [0.1, 0.15) is 0 Å². The van der Waals surface area contributed by atoms with E-state index in [-0.39, 0.29) is 5.91 Å². The molecule has 0 unspecified atom stereocenters. The molecular weight excluding hydrogens is 390 g/mol. The highest BCUT2D eigenvalue weighted by Crippen LogP contribution is 2.10. The highest BCUT2D eigenvalue weighted by molar-refractivity contribution is 6.02. The van der Waals surface area contributed by atoms with Gasteiger partial charge in [0.25, 0.3) is 11.8 Å². The van der Waals surface area contributed by atoms with E-state index in [0.717, 1.165) is 11.1 Å². The number of hydrogen-bond acceptors (Lipinski definition) is 3. The number of nitrogens with one attached hydrogen (secondary N) is 3. The summed E-state index contributed by atoms with van der Waals surface area (Å²) < 4.78 is 0. The van der Waals surface area contributed by atoms with E-state index >= 15 is 0 Å². The molecule has 0 aliphatic rings. The minimum Gasteiger partial charge on any atom is -0.323 e. The first kappa shape index (κ1) is 21.3. The molecule has 3 rings (SSSR count). The number of amides is 3. The number of benzene rings is 3. The zero-order valence-electron chi connectivity index (χ0n) is 16.6. The molecule has 0 spiro atoms. The Bertz CT molecular complexity index is 1090. The molecule has 0 aliphatic heterocycles. The zero-order chi connectivity index (χ0) is 21.9. The molecule has 3 amide bonds. The first-order valence-corrected chi connectivity index (χ1v) is 9.58. The van der Waals surface area contributed by atoms with Gasteiger partial charge in [-0.05, 0) is 47.5 Å². The second-order valence-corrected chi connectivity index (χ2v) is 6.50. The van der Waals surface area contributed by atoms with Crippen molar-refractivity contribution >= 4 is 35.6 Å². The third kappa shape index (κ3) is 7.14. The van der Waals surface area contributed by atoms with Gasteiger partial charge in [-0.3, -0.25) is 25.2 Å². The number of hydrogen-bond donors (Lipinski definition) is 3. The van der Waals surface area contributed by atoms with Crippen LogP contribution >= 0.6 is 0 Å². The van der Waals surface area contributed by atoms with E-state index in [4.69, 9.17) is 0 Å². The molecule has 0 radical (unpaired) electrons. The normalized spacial score (nSPS) is 10.7. The fourth-order valence-corrected chi connectivity index (χ4v) is 2.59. The highest BCUT2D eigenvalue weighted by Gasteiger charge is 2.06. The van der Waals surface area contributed by atoms with Gasteiger partial charge in [-0.1, -0.05) is 60.7 Å². The summed E-state index contributed by atoms with van der Waals surface area (Å²) in [5.41, 5.74) is 7.36. The molecule has 0 saturated carbocycles. The molecule has 3 aromatic rings. The first-order chi connectivity index (χ1) is 15.1. The van der Waals surface area contributed by atoms with E-state index < -0.39 is 11.8 Å². The van der Waals surface area contributed by atoms with Gasteiger partial charge < -0.3 is 5.32 Å². The Labute approximate surface area is 180 Å². The average Bonchev–Trinajstić information content (AvgIpc) is 2.81. The summed E-state index contributed by atoms with van der Waals surface area (Å²) in [5.74, 6) is -1.20. The molecule has 6 heteroatoms. The maximum absolute atomic E-state index is 12.2. The van der Waals surface area contributed by atoms with Crippen LogP contribution in [0.5, 0.6) is 0 Å². The fraction of sp³-hybridized carbons (Fsp3) is 0. The molecule has 6 nitrogen and oxygen atoms in total. The van der Waals surface area contributed by atoms with Crippen LogP contribution in [0.4, 0.5) is 5.69 Å². The minimum atomic E-state index is -0.469. The smallest absolute Gasteiger partial charge is 0.269 e. The van der Waals surface area contributed by atoms with E-state index in [0.29, 0.717) is 11.3 Å². The summed E-state index contributed by atoms with van der Waals surface area (Å²) in [6, 6.07) is 25.2. The molecule has 31 heavy (non-hydrogen) atoms. The van der Waals surface area contributed by atoms with Gasteiger partial charge in [0.2, 0.25) is 5.91 Å². The molecule has 0 bridgehead atoms. The number of hydrazine groups is 1. The van der Waals surface area contributed by atoms with Crippen LogP contribution in [0, 0.1) is 0 Å². The van der Waals surface area contributed by atoms with E-state index in [9.17, 15) is 14.4 Å².